The Morgan fingerprint density at radius 3 is 0.952 bits per heavy atom. The summed E-state index contributed by atoms with van der Waals surface area (Å²) in [5.74, 6) is 0. The van der Waals surface area contributed by atoms with Crippen LogP contribution in [0.2, 0.25) is 0 Å². The molecule has 4 heteroatoms. The van der Waals surface area contributed by atoms with Gasteiger partial charge in [0.15, 0.2) is 0 Å². The number of nitrogens with one attached hydrogen (secondary N) is 2. The zero-order valence-electron chi connectivity index (χ0n) is 26.4. The van der Waals surface area contributed by atoms with Crippen molar-refractivity contribution in [2.45, 2.75) is 49.6 Å². The van der Waals surface area contributed by atoms with Gasteiger partial charge in [-0.3, -0.25) is 0 Å². The minimum atomic E-state index is -0.0256. The fourth-order valence-corrected chi connectivity index (χ4v) is 7.04. The van der Waals surface area contributed by atoms with E-state index >= 15 is 0 Å². The van der Waals surface area contributed by atoms with Crippen LogP contribution in [0.1, 0.15) is 59.1 Å². The number of hydrogen-bond donors (Lipinski definition) is 2. The number of benzene rings is 4. The van der Waals surface area contributed by atoms with E-state index in [4.69, 9.17) is 0 Å². The molecule has 1 aliphatic rings. The molecule has 0 unspecified atom stereocenters. The van der Waals surface area contributed by atoms with Crippen LogP contribution >= 0.6 is 0 Å². The first-order valence-corrected chi connectivity index (χ1v) is 15.3. The van der Waals surface area contributed by atoms with Crippen LogP contribution in [0, 0.1) is 0 Å². The summed E-state index contributed by atoms with van der Waals surface area (Å²) < 4.78 is 0. The lowest BCUT2D eigenvalue weighted by atomic mass is 9.55. The number of nitrogens with zero attached hydrogens (tertiary/aromatic N) is 2. The van der Waals surface area contributed by atoms with E-state index in [2.05, 4.69) is 146 Å². The third-order valence-corrected chi connectivity index (χ3v) is 9.60. The molecular formula is C38H48N4. The van der Waals surface area contributed by atoms with Gasteiger partial charge >= 0.3 is 0 Å². The van der Waals surface area contributed by atoms with Gasteiger partial charge in [0.2, 0.25) is 0 Å². The molecule has 0 aromatic heterocycles. The SMILES string of the molecule is CNCc1ccc(C2(c3ccc(N(C)C)cc3)CCC(c3ccc(CNC)cc3)(c3ccc(N(C)C)cc3)CC2)cc1. The molecule has 42 heavy (non-hydrogen) atoms. The first-order chi connectivity index (χ1) is 20.3. The van der Waals surface area contributed by atoms with Crippen LogP contribution in [0.4, 0.5) is 11.4 Å². The van der Waals surface area contributed by atoms with E-state index < -0.39 is 0 Å². The summed E-state index contributed by atoms with van der Waals surface area (Å²) in [7, 11) is 12.5. The monoisotopic (exact) mass is 560 g/mol. The molecule has 0 bridgehead atoms. The second-order valence-corrected chi connectivity index (χ2v) is 12.5. The van der Waals surface area contributed by atoms with Crippen LogP contribution in [-0.2, 0) is 23.9 Å². The minimum Gasteiger partial charge on any atom is -0.378 e. The Morgan fingerprint density at radius 1 is 0.452 bits per heavy atom. The lowest BCUT2D eigenvalue weighted by molar-refractivity contribution is 0.257. The van der Waals surface area contributed by atoms with E-state index in [1.807, 2.05) is 14.1 Å². The highest BCUT2D eigenvalue weighted by molar-refractivity contribution is 5.53. The molecule has 0 atom stereocenters. The summed E-state index contributed by atoms with van der Waals surface area (Å²) in [6.07, 6.45) is 4.36. The normalized spacial score (nSPS) is 20.3. The molecule has 0 radical (unpaired) electrons. The van der Waals surface area contributed by atoms with E-state index in [-0.39, 0.29) is 10.8 Å². The maximum atomic E-state index is 3.30. The zero-order valence-corrected chi connectivity index (χ0v) is 26.4. The van der Waals surface area contributed by atoms with Crippen LogP contribution in [0.25, 0.3) is 0 Å². The fourth-order valence-electron chi connectivity index (χ4n) is 7.04. The summed E-state index contributed by atoms with van der Waals surface area (Å²) in [5, 5.41) is 6.60. The molecule has 1 saturated carbocycles. The molecule has 1 aliphatic carbocycles. The van der Waals surface area contributed by atoms with Crippen LogP contribution in [0.15, 0.2) is 97.1 Å². The van der Waals surface area contributed by atoms with E-state index in [9.17, 15) is 0 Å². The fraction of sp³-hybridized carbons (Fsp3) is 0.368. The predicted octanol–water partition coefficient (Wildman–Crippen LogP) is 7.10. The van der Waals surface area contributed by atoms with Gasteiger partial charge in [-0.25, -0.2) is 0 Å². The molecule has 4 aromatic rings. The molecule has 2 N–H and O–H groups in total. The van der Waals surface area contributed by atoms with Crippen LogP contribution in [0.3, 0.4) is 0 Å². The summed E-state index contributed by atoms with van der Waals surface area (Å²) in [5.41, 5.74) is 10.8. The quantitative estimate of drug-likeness (QED) is 0.217. The Hall–Kier alpha value is -3.60. The van der Waals surface area contributed by atoms with Gasteiger partial charge in [-0.1, -0.05) is 72.8 Å². The molecular weight excluding hydrogens is 512 g/mol. The molecule has 1 fully saturated rings. The smallest absolute Gasteiger partial charge is 0.0361 e. The largest absolute Gasteiger partial charge is 0.378 e. The van der Waals surface area contributed by atoms with Crippen molar-refractivity contribution in [3.05, 3.63) is 130 Å². The highest BCUT2D eigenvalue weighted by atomic mass is 15.1. The maximum Gasteiger partial charge on any atom is 0.0361 e. The Labute approximate surface area is 253 Å². The zero-order chi connectivity index (χ0) is 29.7. The van der Waals surface area contributed by atoms with Crippen molar-refractivity contribution < 1.29 is 0 Å². The van der Waals surface area contributed by atoms with Crippen molar-refractivity contribution in [1.82, 2.24) is 10.6 Å². The van der Waals surface area contributed by atoms with Crippen LogP contribution in [-0.4, -0.2) is 42.3 Å². The standard InChI is InChI=1S/C38H48N4/c1-39-27-29-7-11-31(12-8-29)37(33-15-19-35(20-16-33)41(3)4)23-25-38(26-24-37,32-13-9-30(10-14-32)28-40-2)34-17-21-36(22-18-34)42(5)6/h7-22,39-40H,23-28H2,1-6H3. The molecule has 0 spiro atoms. The van der Waals surface area contributed by atoms with Crippen molar-refractivity contribution >= 4 is 11.4 Å². The molecule has 0 heterocycles. The number of rotatable bonds is 10. The Morgan fingerprint density at radius 2 is 0.714 bits per heavy atom. The Kier molecular flexibility index (Phi) is 9.05. The molecule has 0 saturated heterocycles. The van der Waals surface area contributed by atoms with Crippen molar-refractivity contribution in [1.29, 1.82) is 0 Å². The molecule has 4 nitrogen and oxygen atoms in total. The van der Waals surface area contributed by atoms with Gasteiger partial charge in [0, 0.05) is 63.5 Å². The number of hydrogen-bond acceptors (Lipinski definition) is 4. The van der Waals surface area contributed by atoms with Gasteiger partial charge in [0.05, 0.1) is 0 Å². The summed E-state index contributed by atoms with van der Waals surface area (Å²) >= 11 is 0. The third kappa shape index (κ3) is 5.84. The van der Waals surface area contributed by atoms with E-state index in [1.165, 1.54) is 44.8 Å². The van der Waals surface area contributed by atoms with E-state index in [0.717, 1.165) is 38.8 Å². The number of anilines is 2. The average molecular weight is 561 g/mol. The van der Waals surface area contributed by atoms with Gasteiger partial charge in [0.25, 0.3) is 0 Å². The highest BCUT2D eigenvalue weighted by Gasteiger charge is 2.46. The first kappa shape index (κ1) is 29.9. The van der Waals surface area contributed by atoms with E-state index in [1.54, 1.807) is 0 Å². The van der Waals surface area contributed by atoms with Gasteiger partial charge in [-0.15, -0.1) is 0 Å². The second kappa shape index (κ2) is 12.7. The Balaban J connectivity index is 1.58. The lowest BCUT2D eigenvalue weighted by Gasteiger charge is -2.48. The van der Waals surface area contributed by atoms with Gasteiger partial charge in [-0.05, 0) is 97.4 Å². The van der Waals surface area contributed by atoms with Crippen LogP contribution < -0.4 is 20.4 Å². The molecule has 5 rings (SSSR count). The van der Waals surface area contributed by atoms with Gasteiger partial charge < -0.3 is 20.4 Å². The molecule has 220 valence electrons. The minimum absolute atomic E-state index is 0.0256. The van der Waals surface area contributed by atoms with E-state index in [0.29, 0.717) is 0 Å². The highest BCUT2D eigenvalue weighted by Crippen LogP contribution is 2.54. The van der Waals surface area contributed by atoms with Gasteiger partial charge in [-0.2, -0.15) is 0 Å². The third-order valence-electron chi connectivity index (χ3n) is 9.60. The summed E-state index contributed by atoms with van der Waals surface area (Å²) in [4.78, 5) is 4.37. The first-order valence-electron chi connectivity index (χ1n) is 15.3. The molecule has 0 amide bonds. The summed E-state index contributed by atoms with van der Waals surface area (Å²) in [6, 6.07) is 37.4. The molecule has 4 aromatic carbocycles. The van der Waals surface area contributed by atoms with Crippen molar-refractivity contribution in [3.8, 4) is 0 Å². The Bertz CT molecular complexity index is 1300. The van der Waals surface area contributed by atoms with Crippen molar-refractivity contribution in [3.63, 3.8) is 0 Å². The second-order valence-electron chi connectivity index (χ2n) is 12.5. The summed E-state index contributed by atoms with van der Waals surface area (Å²) in [6.45, 7) is 1.78. The lowest BCUT2D eigenvalue weighted by Crippen LogP contribution is -2.41. The maximum absolute atomic E-state index is 3.30. The van der Waals surface area contributed by atoms with Crippen molar-refractivity contribution in [2.24, 2.45) is 0 Å². The molecule has 0 aliphatic heterocycles. The average Bonchev–Trinajstić information content (AvgIpc) is 3.02. The predicted molar refractivity (Wildman–Crippen MR) is 180 cm³/mol. The van der Waals surface area contributed by atoms with Crippen LogP contribution in [0.5, 0.6) is 0 Å². The van der Waals surface area contributed by atoms with Gasteiger partial charge in [0.1, 0.15) is 0 Å². The van der Waals surface area contributed by atoms with Crippen molar-refractivity contribution in [2.75, 3.05) is 52.1 Å². The topological polar surface area (TPSA) is 30.5 Å².